The molecule has 2 aromatic heterocycles. The van der Waals surface area contributed by atoms with Gasteiger partial charge in [0.05, 0.1) is 0 Å². The van der Waals surface area contributed by atoms with E-state index in [9.17, 15) is 22.8 Å². The van der Waals surface area contributed by atoms with Crippen molar-refractivity contribution >= 4 is 10.0 Å². The Morgan fingerprint density at radius 1 is 1.08 bits per heavy atom. The Bertz CT molecular complexity index is 1160. The number of pyridine rings is 1. The van der Waals surface area contributed by atoms with E-state index < -0.39 is 26.2 Å². The summed E-state index contributed by atoms with van der Waals surface area (Å²) in [5.41, 5.74) is -0.901. The third kappa shape index (κ3) is 2.56. The Morgan fingerprint density at radius 3 is 2.58 bits per heavy atom. The number of aromatic nitrogens is 3. The van der Waals surface area contributed by atoms with Crippen molar-refractivity contribution in [1.82, 2.24) is 18.8 Å². The molecule has 0 aromatic carbocycles. The molecule has 2 aliphatic rings. The van der Waals surface area contributed by atoms with E-state index in [4.69, 9.17) is 0 Å². The Labute approximate surface area is 148 Å². The molecule has 0 amide bonds. The van der Waals surface area contributed by atoms with Crippen molar-refractivity contribution in [1.29, 1.82) is 0 Å². The first-order chi connectivity index (χ1) is 12.3. The fourth-order valence-corrected chi connectivity index (χ4v) is 5.84. The van der Waals surface area contributed by atoms with Crippen LogP contribution in [0.5, 0.6) is 0 Å². The standard InChI is InChI=1S/C16H18N4O5S/c1-9-14(15(22)18-16(23)17-9)26(24,25)19-6-10-5-11(8-19)12-3-2-4-13(21)20(12)7-10/h2-4,10-11H,5-8H2,1H3,(H2,17,18,22,23)/t10-,11+/m1/s1. The van der Waals surface area contributed by atoms with Crippen LogP contribution in [-0.2, 0) is 16.6 Å². The summed E-state index contributed by atoms with van der Waals surface area (Å²) in [5, 5.41) is 0. The minimum atomic E-state index is -4.06. The maximum absolute atomic E-state index is 13.1. The lowest BCUT2D eigenvalue weighted by atomic mass is 9.84. The summed E-state index contributed by atoms with van der Waals surface area (Å²) in [6.45, 7) is 2.28. The number of fused-ring (bicyclic) bond motifs is 4. The number of nitrogens with zero attached hydrogens (tertiary/aromatic N) is 2. The molecular weight excluding hydrogens is 360 g/mol. The SMILES string of the molecule is Cc1[nH]c(=O)[nH]c(=O)c1S(=O)(=O)N1C[C@H]2C[C@@H](C1)c1cccc(=O)n1C2. The monoisotopic (exact) mass is 378 g/mol. The molecule has 138 valence electrons. The number of H-pyrrole nitrogens is 2. The Hall–Kier alpha value is -2.46. The van der Waals surface area contributed by atoms with Gasteiger partial charge in [-0.1, -0.05) is 6.07 Å². The minimum absolute atomic E-state index is 0.00160. The lowest BCUT2D eigenvalue weighted by Gasteiger charge is -2.41. The highest BCUT2D eigenvalue weighted by Crippen LogP contribution is 2.36. The normalized spacial score (nSPS) is 22.8. The highest BCUT2D eigenvalue weighted by atomic mass is 32.2. The number of aromatic amines is 2. The van der Waals surface area contributed by atoms with Crippen LogP contribution in [0, 0.1) is 12.8 Å². The van der Waals surface area contributed by atoms with Gasteiger partial charge < -0.3 is 9.55 Å². The lowest BCUT2D eigenvalue weighted by Crippen LogP contribution is -2.50. The second kappa shape index (κ2) is 5.78. The van der Waals surface area contributed by atoms with Crippen LogP contribution in [-0.4, -0.2) is 40.3 Å². The van der Waals surface area contributed by atoms with Crippen LogP contribution in [0.25, 0.3) is 0 Å². The molecule has 0 unspecified atom stereocenters. The van der Waals surface area contributed by atoms with E-state index in [2.05, 4.69) is 4.98 Å². The summed E-state index contributed by atoms with van der Waals surface area (Å²) in [7, 11) is -4.06. The van der Waals surface area contributed by atoms with Crippen molar-refractivity contribution in [2.75, 3.05) is 13.1 Å². The average molecular weight is 378 g/mol. The van der Waals surface area contributed by atoms with Gasteiger partial charge in [0.1, 0.15) is 0 Å². The molecule has 2 N–H and O–H groups in total. The summed E-state index contributed by atoms with van der Waals surface area (Å²) in [6.07, 6.45) is 0.802. The van der Waals surface area contributed by atoms with Gasteiger partial charge in [-0.3, -0.25) is 14.6 Å². The van der Waals surface area contributed by atoms with Gasteiger partial charge in [-0.25, -0.2) is 13.2 Å². The van der Waals surface area contributed by atoms with Gasteiger partial charge in [0, 0.05) is 43.0 Å². The fraction of sp³-hybridized carbons (Fsp3) is 0.438. The number of aryl methyl sites for hydroxylation is 1. The summed E-state index contributed by atoms with van der Waals surface area (Å²) in [6, 6.07) is 5.03. The highest BCUT2D eigenvalue weighted by Gasteiger charge is 2.40. The van der Waals surface area contributed by atoms with Gasteiger partial charge in [0.15, 0.2) is 4.90 Å². The minimum Gasteiger partial charge on any atom is -0.312 e. The molecule has 1 fully saturated rings. The van der Waals surface area contributed by atoms with Crippen LogP contribution in [0.15, 0.2) is 37.5 Å². The smallest absolute Gasteiger partial charge is 0.312 e. The van der Waals surface area contributed by atoms with E-state index >= 15 is 0 Å². The van der Waals surface area contributed by atoms with E-state index in [1.54, 1.807) is 10.6 Å². The molecule has 0 spiro atoms. The summed E-state index contributed by atoms with van der Waals surface area (Å²) >= 11 is 0. The molecular formula is C16H18N4O5S. The van der Waals surface area contributed by atoms with Crippen LogP contribution in [0.1, 0.15) is 23.7 Å². The second-order valence-corrected chi connectivity index (χ2v) is 8.76. The van der Waals surface area contributed by atoms with Crippen molar-refractivity contribution in [3.05, 3.63) is 60.8 Å². The molecule has 2 bridgehead atoms. The predicted octanol–water partition coefficient (Wildman–Crippen LogP) is -0.659. The van der Waals surface area contributed by atoms with Gasteiger partial charge in [-0.05, 0) is 25.3 Å². The first-order valence-corrected chi connectivity index (χ1v) is 9.74. The van der Waals surface area contributed by atoms with E-state index in [0.717, 1.165) is 12.1 Å². The van der Waals surface area contributed by atoms with E-state index in [0.29, 0.717) is 6.54 Å². The zero-order chi connectivity index (χ0) is 18.6. The molecule has 0 radical (unpaired) electrons. The van der Waals surface area contributed by atoms with Crippen molar-refractivity contribution in [2.45, 2.75) is 30.7 Å². The molecule has 4 heterocycles. The Morgan fingerprint density at radius 2 is 1.85 bits per heavy atom. The number of sulfonamides is 1. The molecule has 0 saturated carbocycles. The number of hydrogen-bond acceptors (Lipinski definition) is 5. The summed E-state index contributed by atoms with van der Waals surface area (Å²) < 4.78 is 29.1. The first-order valence-electron chi connectivity index (χ1n) is 8.30. The highest BCUT2D eigenvalue weighted by molar-refractivity contribution is 7.89. The van der Waals surface area contributed by atoms with Crippen LogP contribution in [0.4, 0.5) is 0 Å². The van der Waals surface area contributed by atoms with Crippen molar-refractivity contribution in [3.63, 3.8) is 0 Å². The van der Waals surface area contributed by atoms with Crippen molar-refractivity contribution in [2.24, 2.45) is 5.92 Å². The van der Waals surface area contributed by atoms with Crippen LogP contribution >= 0.6 is 0 Å². The van der Waals surface area contributed by atoms with E-state index in [-0.39, 0.29) is 36.2 Å². The predicted molar refractivity (Wildman–Crippen MR) is 92.7 cm³/mol. The van der Waals surface area contributed by atoms with Gasteiger partial charge in [0.25, 0.3) is 11.1 Å². The molecule has 1 saturated heterocycles. The zero-order valence-corrected chi connectivity index (χ0v) is 14.9. The Balaban J connectivity index is 1.76. The number of hydrogen-bond donors (Lipinski definition) is 2. The van der Waals surface area contributed by atoms with Crippen LogP contribution in [0.3, 0.4) is 0 Å². The first kappa shape index (κ1) is 17.0. The van der Waals surface area contributed by atoms with Gasteiger partial charge in [-0.15, -0.1) is 0 Å². The molecule has 2 aromatic rings. The third-order valence-corrected chi connectivity index (χ3v) is 7.10. The largest absolute Gasteiger partial charge is 0.325 e. The average Bonchev–Trinajstić information content (AvgIpc) is 2.54. The zero-order valence-electron chi connectivity index (χ0n) is 14.1. The molecule has 10 heteroatoms. The molecule has 9 nitrogen and oxygen atoms in total. The molecule has 2 aliphatic heterocycles. The van der Waals surface area contributed by atoms with Gasteiger partial charge >= 0.3 is 5.69 Å². The molecule has 0 aliphatic carbocycles. The van der Waals surface area contributed by atoms with Crippen molar-refractivity contribution in [3.8, 4) is 0 Å². The Kier molecular flexibility index (Phi) is 3.77. The van der Waals surface area contributed by atoms with E-state index in [1.165, 1.54) is 17.3 Å². The number of piperidine rings is 1. The summed E-state index contributed by atoms with van der Waals surface area (Å²) in [5.74, 6) is -0.105. The van der Waals surface area contributed by atoms with Gasteiger partial charge in [-0.2, -0.15) is 4.31 Å². The fourth-order valence-electron chi connectivity index (χ4n) is 4.08. The maximum atomic E-state index is 13.1. The number of rotatable bonds is 2. The van der Waals surface area contributed by atoms with Gasteiger partial charge in [0.2, 0.25) is 10.0 Å². The number of nitrogens with one attached hydrogen (secondary N) is 2. The quantitative estimate of drug-likeness (QED) is 0.718. The molecule has 26 heavy (non-hydrogen) atoms. The van der Waals surface area contributed by atoms with Crippen LogP contribution < -0.4 is 16.8 Å². The molecule has 4 rings (SSSR count). The molecule has 2 atom stereocenters. The topological polar surface area (TPSA) is 125 Å². The van der Waals surface area contributed by atoms with Crippen LogP contribution in [0.2, 0.25) is 0 Å². The lowest BCUT2D eigenvalue weighted by molar-refractivity contribution is 0.186. The van der Waals surface area contributed by atoms with Crippen molar-refractivity contribution < 1.29 is 8.42 Å². The second-order valence-electron chi connectivity index (χ2n) is 6.88. The van der Waals surface area contributed by atoms with E-state index in [1.807, 2.05) is 11.1 Å². The summed E-state index contributed by atoms with van der Waals surface area (Å²) in [4.78, 5) is 39.4. The maximum Gasteiger partial charge on any atom is 0.325 e. The third-order valence-electron chi connectivity index (χ3n) is 5.12.